The predicted molar refractivity (Wildman–Crippen MR) is 117 cm³/mol. The third-order valence-corrected chi connectivity index (χ3v) is 5.11. The summed E-state index contributed by atoms with van der Waals surface area (Å²) in [6, 6.07) is 17.7. The highest BCUT2D eigenvalue weighted by atomic mass is 19.1. The highest BCUT2D eigenvalue weighted by Gasteiger charge is 2.14. The quantitative estimate of drug-likeness (QED) is 0.502. The van der Waals surface area contributed by atoms with Gasteiger partial charge in [-0.1, -0.05) is 42.0 Å². The molecule has 0 radical (unpaired) electrons. The monoisotopic (exact) mass is 418 g/mol. The van der Waals surface area contributed by atoms with Gasteiger partial charge in [-0.05, 0) is 42.3 Å². The van der Waals surface area contributed by atoms with Crippen molar-refractivity contribution in [2.24, 2.45) is 0 Å². The zero-order valence-electron chi connectivity index (χ0n) is 17.2. The summed E-state index contributed by atoms with van der Waals surface area (Å²) >= 11 is 0. The maximum atomic E-state index is 13.3. The van der Waals surface area contributed by atoms with Crippen molar-refractivity contribution in [1.29, 1.82) is 0 Å². The Kier molecular flexibility index (Phi) is 5.93. The summed E-state index contributed by atoms with van der Waals surface area (Å²) in [4.78, 5) is 29.7. The number of aryl methyl sites for hydroxylation is 1. The molecule has 0 atom stereocenters. The average molecular weight is 418 g/mol. The molecule has 0 spiro atoms. The first-order chi connectivity index (χ1) is 15.0. The van der Waals surface area contributed by atoms with Crippen LogP contribution in [0.5, 0.6) is 0 Å². The Bertz CT molecular complexity index is 1290. The summed E-state index contributed by atoms with van der Waals surface area (Å²) in [6.07, 6.45) is 1.73. The maximum absolute atomic E-state index is 13.3. The Hall–Kier alpha value is -3.74. The molecule has 31 heavy (non-hydrogen) atoms. The normalized spacial score (nSPS) is 11.0. The fourth-order valence-corrected chi connectivity index (χ4v) is 3.70. The van der Waals surface area contributed by atoms with Crippen molar-refractivity contribution in [3.8, 4) is 0 Å². The van der Waals surface area contributed by atoms with E-state index in [0.717, 1.165) is 16.6 Å². The summed E-state index contributed by atoms with van der Waals surface area (Å²) in [7, 11) is 0. The Morgan fingerprint density at radius 3 is 2.65 bits per heavy atom. The minimum Gasteiger partial charge on any atom is -0.354 e. The molecule has 0 fully saturated rings. The lowest BCUT2D eigenvalue weighted by Gasteiger charge is -2.06. The van der Waals surface area contributed by atoms with Crippen LogP contribution in [0.2, 0.25) is 0 Å². The summed E-state index contributed by atoms with van der Waals surface area (Å²) in [5.41, 5.74) is 3.93. The molecule has 158 valence electrons. The first-order valence-electron chi connectivity index (χ1n) is 10.1. The number of halogens is 1. The fraction of sp³-hybridized carbons (Fsp3) is 0.208. The van der Waals surface area contributed by atoms with Crippen LogP contribution in [0.3, 0.4) is 0 Å². The standard InChI is InChI=1S/C24H23FN4O2/c1-17-5-2-7-19(13-17)16-29-21-9-4-10-27-23(21)28(24(29)31)12-11-26-22(30)15-18-6-3-8-20(25)14-18/h2-10,13-14H,11-12,15-16H2,1H3,(H,26,30). The molecule has 2 heterocycles. The van der Waals surface area contributed by atoms with Crippen molar-refractivity contribution < 1.29 is 9.18 Å². The molecule has 0 unspecified atom stereocenters. The van der Waals surface area contributed by atoms with E-state index in [1.165, 1.54) is 12.1 Å². The number of nitrogens with zero attached hydrogens (tertiary/aromatic N) is 3. The minimum absolute atomic E-state index is 0.0834. The number of hydrogen-bond donors (Lipinski definition) is 1. The van der Waals surface area contributed by atoms with Gasteiger partial charge >= 0.3 is 5.69 Å². The van der Waals surface area contributed by atoms with Crippen LogP contribution in [0.1, 0.15) is 16.7 Å². The number of carbonyl (C=O) groups excluding carboxylic acids is 1. The van der Waals surface area contributed by atoms with Crippen molar-refractivity contribution in [2.45, 2.75) is 26.4 Å². The molecule has 1 N–H and O–H groups in total. The number of hydrogen-bond acceptors (Lipinski definition) is 3. The number of nitrogens with one attached hydrogen (secondary N) is 1. The van der Waals surface area contributed by atoms with Crippen LogP contribution in [0.15, 0.2) is 71.7 Å². The minimum atomic E-state index is -0.371. The Labute approximate surface area is 179 Å². The Morgan fingerprint density at radius 2 is 1.84 bits per heavy atom. The number of aromatic nitrogens is 3. The van der Waals surface area contributed by atoms with Crippen LogP contribution >= 0.6 is 0 Å². The van der Waals surface area contributed by atoms with Gasteiger partial charge < -0.3 is 5.32 Å². The second kappa shape index (κ2) is 8.95. The molecule has 2 aromatic heterocycles. The second-order valence-corrected chi connectivity index (χ2v) is 7.51. The molecular formula is C24H23FN4O2. The molecule has 7 heteroatoms. The van der Waals surface area contributed by atoms with Gasteiger partial charge in [0.2, 0.25) is 5.91 Å². The fourth-order valence-electron chi connectivity index (χ4n) is 3.70. The number of amides is 1. The zero-order valence-corrected chi connectivity index (χ0v) is 17.2. The van der Waals surface area contributed by atoms with E-state index in [-0.39, 0.29) is 30.4 Å². The molecule has 0 saturated carbocycles. The molecular weight excluding hydrogens is 395 g/mol. The largest absolute Gasteiger partial charge is 0.354 e. The molecule has 4 aromatic rings. The lowest BCUT2D eigenvalue weighted by Crippen LogP contribution is -2.32. The first-order valence-corrected chi connectivity index (χ1v) is 10.1. The predicted octanol–water partition coefficient (Wildman–Crippen LogP) is 3.05. The smallest absolute Gasteiger partial charge is 0.330 e. The highest BCUT2D eigenvalue weighted by Crippen LogP contribution is 2.13. The van der Waals surface area contributed by atoms with Crippen LogP contribution in [0, 0.1) is 12.7 Å². The van der Waals surface area contributed by atoms with E-state index in [1.54, 1.807) is 33.5 Å². The molecule has 6 nitrogen and oxygen atoms in total. The van der Waals surface area contributed by atoms with E-state index in [4.69, 9.17) is 0 Å². The summed E-state index contributed by atoms with van der Waals surface area (Å²) in [5, 5.41) is 2.80. The highest BCUT2D eigenvalue weighted by molar-refractivity contribution is 5.78. The number of fused-ring (bicyclic) bond motifs is 1. The molecule has 4 rings (SSSR count). The molecule has 0 saturated heterocycles. The van der Waals surface area contributed by atoms with E-state index in [2.05, 4.69) is 16.4 Å². The van der Waals surface area contributed by atoms with E-state index in [0.29, 0.717) is 24.3 Å². The van der Waals surface area contributed by atoms with Gasteiger partial charge in [0.15, 0.2) is 5.65 Å². The first kappa shape index (κ1) is 20.5. The van der Waals surface area contributed by atoms with Gasteiger partial charge in [-0.15, -0.1) is 0 Å². The van der Waals surface area contributed by atoms with Crippen LogP contribution in [-0.4, -0.2) is 26.6 Å². The number of imidazole rings is 1. The number of rotatable bonds is 7. The number of benzene rings is 2. The lowest BCUT2D eigenvalue weighted by molar-refractivity contribution is -0.120. The zero-order chi connectivity index (χ0) is 21.8. The Morgan fingerprint density at radius 1 is 1.03 bits per heavy atom. The number of pyridine rings is 1. The molecule has 0 aliphatic rings. The van der Waals surface area contributed by atoms with Gasteiger partial charge in [0.1, 0.15) is 5.82 Å². The van der Waals surface area contributed by atoms with Crippen molar-refractivity contribution >= 4 is 17.1 Å². The average Bonchev–Trinajstić information content (AvgIpc) is 3.00. The van der Waals surface area contributed by atoms with Gasteiger partial charge in [-0.2, -0.15) is 0 Å². The van der Waals surface area contributed by atoms with Gasteiger partial charge in [-0.3, -0.25) is 13.9 Å². The van der Waals surface area contributed by atoms with Crippen molar-refractivity contribution in [3.05, 3.63) is 99.9 Å². The molecule has 1 amide bonds. The summed E-state index contributed by atoms with van der Waals surface area (Å²) < 4.78 is 16.6. The summed E-state index contributed by atoms with van der Waals surface area (Å²) in [5.74, 6) is -0.598. The molecule has 0 aliphatic carbocycles. The third kappa shape index (κ3) is 4.71. The van der Waals surface area contributed by atoms with E-state index in [1.807, 2.05) is 31.2 Å². The number of carbonyl (C=O) groups is 1. The van der Waals surface area contributed by atoms with Crippen LogP contribution in [0.4, 0.5) is 4.39 Å². The molecule has 0 bridgehead atoms. The molecule has 0 aliphatic heterocycles. The third-order valence-electron chi connectivity index (χ3n) is 5.11. The maximum Gasteiger partial charge on any atom is 0.330 e. The van der Waals surface area contributed by atoms with Crippen LogP contribution < -0.4 is 11.0 Å². The molecule has 2 aromatic carbocycles. The van der Waals surface area contributed by atoms with Crippen molar-refractivity contribution in [2.75, 3.05) is 6.54 Å². The van der Waals surface area contributed by atoms with Gasteiger partial charge in [0, 0.05) is 19.3 Å². The van der Waals surface area contributed by atoms with E-state index >= 15 is 0 Å². The van der Waals surface area contributed by atoms with Gasteiger partial charge in [0.25, 0.3) is 0 Å². The van der Waals surface area contributed by atoms with Crippen molar-refractivity contribution in [3.63, 3.8) is 0 Å². The summed E-state index contributed by atoms with van der Waals surface area (Å²) in [6.45, 7) is 3.03. The lowest BCUT2D eigenvalue weighted by atomic mass is 10.1. The van der Waals surface area contributed by atoms with Crippen LogP contribution in [0.25, 0.3) is 11.2 Å². The van der Waals surface area contributed by atoms with E-state index in [9.17, 15) is 14.0 Å². The van der Waals surface area contributed by atoms with Gasteiger partial charge in [-0.25, -0.2) is 14.2 Å². The topological polar surface area (TPSA) is 68.9 Å². The van der Waals surface area contributed by atoms with E-state index < -0.39 is 0 Å². The SMILES string of the molecule is Cc1cccc(Cn2c(=O)n(CCNC(=O)Cc3cccc(F)c3)c3ncccc32)c1. The van der Waals surface area contributed by atoms with Crippen molar-refractivity contribution in [1.82, 2.24) is 19.4 Å². The van der Waals surface area contributed by atoms with Crippen LogP contribution in [-0.2, 0) is 24.3 Å². The Balaban J connectivity index is 1.49. The van der Waals surface area contributed by atoms with Gasteiger partial charge in [0.05, 0.1) is 18.5 Å². The second-order valence-electron chi connectivity index (χ2n) is 7.51.